The molecular formula is C13H16BrN3O. The summed E-state index contributed by atoms with van der Waals surface area (Å²) in [4.78, 5) is 4.33. The van der Waals surface area contributed by atoms with Crippen molar-refractivity contribution >= 4 is 21.9 Å². The zero-order valence-electron chi connectivity index (χ0n) is 10.5. The highest BCUT2D eigenvalue weighted by Gasteiger charge is 2.11. The molecule has 2 rings (SSSR count). The van der Waals surface area contributed by atoms with Gasteiger partial charge in [0, 0.05) is 7.05 Å². The number of aromatic nitrogens is 2. The highest BCUT2D eigenvalue weighted by atomic mass is 79.9. The lowest BCUT2D eigenvalue weighted by Crippen LogP contribution is -1.96. The summed E-state index contributed by atoms with van der Waals surface area (Å²) in [5, 5.41) is 0. The molecule has 5 heteroatoms. The Hall–Kier alpha value is -1.49. The van der Waals surface area contributed by atoms with Crippen LogP contribution in [-0.4, -0.2) is 16.7 Å². The molecule has 1 heterocycles. The van der Waals surface area contributed by atoms with E-state index in [1.54, 1.807) is 7.11 Å². The number of nitrogens with two attached hydrogens (primary N) is 1. The van der Waals surface area contributed by atoms with Gasteiger partial charge in [-0.2, -0.15) is 0 Å². The second-order valence-corrected chi connectivity index (χ2v) is 4.83. The fourth-order valence-electron chi connectivity index (χ4n) is 1.88. The van der Waals surface area contributed by atoms with Gasteiger partial charge in [0.05, 0.1) is 12.8 Å². The number of methoxy groups -OCH3 is 1. The van der Waals surface area contributed by atoms with Crippen molar-refractivity contribution in [1.82, 2.24) is 9.55 Å². The summed E-state index contributed by atoms with van der Waals surface area (Å²) in [5.41, 5.74) is 7.91. The maximum Gasteiger partial charge on any atom is 0.201 e. The number of benzene rings is 1. The Kier molecular flexibility index (Phi) is 3.91. The Morgan fingerprint density at radius 1 is 1.33 bits per heavy atom. The summed E-state index contributed by atoms with van der Waals surface area (Å²) in [6.07, 6.45) is 1.70. The normalized spacial score (nSPS) is 10.6. The molecule has 4 nitrogen and oxygen atoms in total. The average Bonchev–Trinajstić information content (AvgIpc) is 2.64. The number of para-hydroxylation sites is 1. The van der Waals surface area contributed by atoms with Crippen LogP contribution in [0.3, 0.4) is 0 Å². The minimum Gasteiger partial charge on any atom is -0.496 e. The van der Waals surface area contributed by atoms with Crippen molar-refractivity contribution in [3.63, 3.8) is 0 Å². The number of anilines is 1. The van der Waals surface area contributed by atoms with E-state index in [0.717, 1.165) is 28.9 Å². The molecule has 18 heavy (non-hydrogen) atoms. The molecule has 0 radical (unpaired) electrons. The first-order valence-electron chi connectivity index (χ1n) is 5.72. The van der Waals surface area contributed by atoms with E-state index in [2.05, 4.69) is 27.0 Å². The van der Waals surface area contributed by atoms with E-state index in [9.17, 15) is 0 Å². The van der Waals surface area contributed by atoms with Gasteiger partial charge in [-0.3, -0.25) is 0 Å². The largest absolute Gasteiger partial charge is 0.496 e. The lowest BCUT2D eigenvalue weighted by atomic mass is 10.1. The summed E-state index contributed by atoms with van der Waals surface area (Å²) in [5.74, 6) is 1.44. The van der Waals surface area contributed by atoms with Crippen LogP contribution in [-0.2, 0) is 19.9 Å². The summed E-state index contributed by atoms with van der Waals surface area (Å²) in [6.45, 7) is 0. The number of halogens is 1. The van der Waals surface area contributed by atoms with E-state index in [0.29, 0.717) is 5.95 Å². The van der Waals surface area contributed by atoms with Crippen LogP contribution in [0.15, 0.2) is 28.9 Å². The van der Waals surface area contributed by atoms with Gasteiger partial charge in [0.15, 0.2) is 0 Å². The zero-order valence-corrected chi connectivity index (χ0v) is 12.1. The highest BCUT2D eigenvalue weighted by molar-refractivity contribution is 9.10. The van der Waals surface area contributed by atoms with Crippen LogP contribution in [0.4, 0.5) is 5.95 Å². The van der Waals surface area contributed by atoms with Crippen molar-refractivity contribution in [1.29, 1.82) is 0 Å². The van der Waals surface area contributed by atoms with Crippen LogP contribution >= 0.6 is 15.9 Å². The van der Waals surface area contributed by atoms with Gasteiger partial charge >= 0.3 is 0 Å². The first kappa shape index (κ1) is 13.0. The molecule has 2 N–H and O–H groups in total. The molecule has 0 saturated heterocycles. The average molecular weight is 310 g/mol. The predicted octanol–water partition coefficient (Wildman–Crippen LogP) is 2.56. The number of nitrogen functional groups attached to an aromatic ring is 1. The Morgan fingerprint density at radius 2 is 2.06 bits per heavy atom. The van der Waals surface area contributed by atoms with E-state index in [1.807, 2.05) is 29.8 Å². The van der Waals surface area contributed by atoms with Crippen molar-refractivity contribution in [3.05, 3.63) is 40.1 Å². The first-order chi connectivity index (χ1) is 8.63. The van der Waals surface area contributed by atoms with E-state index < -0.39 is 0 Å². The Labute approximate surface area is 115 Å². The minimum atomic E-state index is 0.525. The van der Waals surface area contributed by atoms with Crippen molar-refractivity contribution in [2.75, 3.05) is 12.8 Å². The molecule has 2 aromatic rings. The zero-order chi connectivity index (χ0) is 13.1. The third-order valence-electron chi connectivity index (χ3n) is 2.95. The van der Waals surface area contributed by atoms with Gasteiger partial charge in [-0.15, -0.1) is 0 Å². The van der Waals surface area contributed by atoms with Crippen molar-refractivity contribution < 1.29 is 4.74 Å². The van der Waals surface area contributed by atoms with Crippen LogP contribution in [0.2, 0.25) is 0 Å². The second kappa shape index (κ2) is 5.44. The standard InChI is InChI=1S/C13H16BrN3O/c1-17-12(14)10(16-13(17)15)8-7-9-5-3-4-6-11(9)18-2/h3-6H,7-8H2,1-2H3,(H2,15,16). The van der Waals surface area contributed by atoms with Gasteiger partial charge < -0.3 is 15.0 Å². The summed E-state index contributed by atoms with van der Waals surface area (Å²) in [6, 6.07) is 8.02. The molecule has 0 aliphatic rings. The molecule has 0 unspecified atom stereocenters. The van der Waals surface area contributed by atoms with Gasteiger partial charge in [-0.1, -0.05) is 18.2 Å². The number of ether oxygens (including phenoxy) is 1. The maximum atomic E-state index is 5.76. The highest BCUT2D eigenvalue weighted by Crippen LogP contribution is 2.23. The smallest absolute Gasteiger partial charge is 0.201 e. The Morgan fingerprint density at radius 3 is 2.67 bits per heavy atom. The predicted molar refractivity (Wildman–Crippen MR) is 75.7 cm³/mol. The van der Waals surface area contributed by atoms with E-state index in [4.69, 9.17) is 10.5 Å². The van der Waals surface area contributed by atoms with E-state index >= 15 is 0 Å². The second-order valence-electron chi connectivity index (χ2n) is 4.08. The molecule has 0 aliphatic carbocycles. The molecule has 1 aromatic heterocycles. The topological polar surface area (TPSA) is 53.1 Å². The first-order valence-corrected chi connectivity index (χ1v) is 6.51. The molecule has 0 amide bonds. The number of hydrogen-bond donors (Lipinski definition) is 1. The van der Waals surface area contributed by atoms with Gasteiger partial charge in [-0.25, -0.2) is 4.98 Å². The molecule has 96 valence electrons. The molecule has 1 aromatic carbocycles. The number of rotatable bonds is 4. The minimum absolute atomic E-state index is 0.525. The van der Waals surface area contributed by atoms with E-state index in [-0.39, 0.29) is 0 Å². The molecule has 0 saturated carbocycles. The van der Waals surface area contributed by atoms with E-state index in [1.165, 1.54) is 5.56 Å². The van der Waals surface area contributed by atoms with Crippen LogP contribution < -0.4 is 10.5 Å². The van der Waals surface area contributed by atoms with Gasteiger partial charge in [-0.05, 0) is 40.4 Å². The van der Waals surface area contributed by atoms with Gasteiger partial charge in [0.1, 0.15) is 10.4 Å². The van der Waals surface area contributed by atoms with Gasteiger partial charge in [0.2, 0.25) is 5.95 Å². The number of imidazole rings is 1. The number of nitrogens with zero attached hydrogens (tertiary/aromatic N) is 2. The van der Waals surface area contributed by atoms with Crippen LogP contribution in [0.25, 0.3) is 0 Å². The number of aryl methyl sites for hydroxylation is 2. The van der Waals surface area contributed by atoms with Crippen LogP contribution in [0, 0.1) is 0 Å². The van der Waals surface area contributed by atoms with Crippen molar-refractivity contribution in [2.45, 2.75) is 12.8 Å². The summed E-state index contributed by atoms with van der Waals surface area (Å²) >= 11 is 3.50. The van der Waals surface area contributed by atoms with Crippen molar-refractivity contribution in [2.24, 2.45) is 7.05 Å². The molecule has 0 atom stereocenters. The molecule has 0 aliphatic heterocycles. The molecule has 0 spiro atoms. The quantitative estimate of drug-likeness (QED) is 0.944. The summed E-state index contributed by atoms with van der Waals surface area (Å²) in [7, 11) is 3.58. The monoisotopic (exact) mass is 309 g/mol. The van der Waals surface area contributed by atoms with Crippen LogP contribution in [0.5, 0.6) is 5.75 Å². The third-order valence-corrected chi connectivity index (χ3v) is 3.94. The van der Waals surface area contributed by atoms with Crippen molar-refractivity contribution in [3.8, 4) is 5.75 Å². The number of hydrogen-bond acceptors (Lipinski definition) is 3. The maximum absolute atomic E-state index is 5.76. The van der Waals surface area contributed by atoms with Gasteiger partial charge in [0.25, 0.3) is 0 Å². The lowest BCUT2D eigenvalue weighted by molar-refractivity contribution is 0.409. The lowest BCUT2D eigenvalue weighted by Gasteiger charge is -2.07. The fourth-order valence-corrected chi connectivity index (χ4v) is 2.34. The molecule has 0 bridgehead atoms. The SMILES string of the molecule is COc1ccccc1CCc1nc(N)n(C)c1Br. The molecule has 0 fully saturated rings. The Balaban J connectivity index is 2.14. The summed E-state index contributed by atoms with van der Waals surface area (Å²) < 4.78 is 8.10. The fraction of sp³-hybridized carbons (Fsp3) is 0.308. The third kappa shape index (κ3) is 2.51. The van der Waals surface area contributed by atoms with Crippen LogP contribution in [0.1, 0.15) is 11.3 Å². The Bertz CT molecular complexity index is 551. The molecular weight excluding hydrogens is 294 g/mol.